The lowest BCUT2D eigenvalue weighted by atomic mass is 10.3. The van der Waals surface area contributed by atoms with Crippen LogP contribution in [0.2, 0.25) is 10.0 Å². The molecule has 0 saturated carbocycles. The largest absolute Gasteiger partial charge is 0.487 e. The third kappa shape index (κ3) is 3.12. The number of aliphatic carboxylic acids is 1. The maximum atomic E-state index is 10.7. The summed E-state index contributed by atoms with van der Waals surface area (Å²) in [5.41, 5.74) is -0.694. The quantitative estimate of drug-likeness (QED) is 0.512. The molecule has 1 aromatic carbocycles. The highest BCUT2D eigenvalue weighted by molar-refractivity contribution is 6.39. The van der Waals surface area contributed by atoms with E-state index in [1.165, 1.54) is 12.1 Å². The number of carboxylic acid groups (broad SMARTS) is 1. The maximum Gasteiger partial charge on any atom is 0.334 e. The Bertz CT molecular complexity index is 529. The van der Waals surface area contributed by atoms with Gasteiger partial charge in [-0.1, -0.05) is 29.8 Å². The van der Waals surface area contributed by atoms with Crippen molar-refractivity contribution in [2.75, 3.05) is 6.61 Å². The standard InChI is InChI=1S/C10H7Cl2NO5/c1-5(10(14)15)4-18-7-3-2-6(11)9(8(7)12)13(16)17/h2-3H,1,4H2,(H,14,15). The fourth-order valence-electron chi connectivity index (χ4n) is 1.03. The molecule has 18 heavy (non-hydrogen) atoms. The first kappa shape index (κ1) is 14.3. The molecule has 0 amide bonds. The van der Waals surface area contributed by atoms with Crippen molar-refractivity contribution < 1.29 is 19.6 Å². The van der Waals surface area contributed by atoms with Crippen molar-refractivity contribution in [2.24, 2.45) is 0 Å². The first-order valence-electron chi connectivity index (χ1n) is 4.51. The number of halogens is 2. The van der Waals surface area contributed by atoms with Gasteiger partial charge >= 0.3 is 11.7 Å². The van der Waals surface area contributed by atoms with Crippen LogP contribution in [0.3, 0.4) is 0 Å². The molecule has 0 unspecified atom stereocenters. The van der Waals surface area contributed by atoms with E-state index in [1.54, 1.807) is 0 Å². The molecule has 0 atom stereocenters. The Labute approximate surface area is 112 Å². The summed E-state index contributed by atoms with van der Waals surface area (Å²) in [5, 5.41) is 18.9. The van der Waals surface area contributed by atoms with E-state index in [9.17, 15) is 14.9 Å². The minimum Gasteiger partial charge on any atom is -0.487 e. The third-order valence-electron chi connectivity index (χ3n) is 1.92. The normalized spacial score (nSPS) is 9.89. The van der Waals surface area contributed by atoms with Crippen molar-refractivity contribution in [2.45, 2.75) is 0 Å². The molecule has 0 aliphatic carbocycles. The second kappa shape index (κ2) is 5.70. The van der Waals surface area contributed by atoms with Crippen molar-refractivity contribution >= 4 is 34.9 Å². The topological polar surface area (TPSA) is 89.7 Å². The highest BCUT2D eigenvalue weighted by Crippen LogP contribution is 2.39. The molecule has 0 aromatic heterocycles. The van der Waals surface area contributed by atoms with Gasteiger partial charge in [0.05, 0.1) is 10.5 Å². The average molecular weight is 292 g/mol. The fraction of sp³-hybridized carbons (Fsp3) is 0.100. The van der Waals surface area contributed by atoms with Crippen molar-refractivity contribution in [3.05, 3.63) is 44.4 Å². The third-order valence-corrected chi connectivity index (χ3v) is 2.59. The minimum atomic E-state index is -1.23. The van der Waals surface area contributed by atoms with Crippen molar-refractivity contribution in [3.63, 3.8) is 0 Å². The lowest BCUT2D eigenvalue weighted by Gasteiger charge is -2.08. The van der Waals surface area contributed by atoms with Crippen molar-refractivity contribution in [3.8, 4) is 5.75 Å². The van der Waals surface area contributed by atoms with Gasteiger partial charge in [0.1, 0.15) is 17.4 Å². The zero-order valence-electron chi connectivity index (χ0n) is 8.85. The van der Waals surface area contributed by atoms with E-state index in [1.807, 2.05) is 0 Å². The van der Waals surface area contributed by atoms with E-state index in [4.69, 9.17) is 33.0 Å². The Balaban J connectivity index is 2.98. The summed E-state index contributed by atoms with van der Waals surface area (Å²) in [6.07, 6.45) is 0. The van der Waals surface area contributed by atoms with Crippen LogP contribution in [-0.4, -0.2) is 22.6 Å². The number of hydrogen-bond acceptors (Lipinski definition) is 4. The van der Waals surface area contributed by atoms with E-state index in [-0.39, 0.29) is 28.0 Å². The Morgan fingerprint density at radius 1 is 1.50 bits per heavy atom. The molecule has 0 radical (unpaired) electrons. The van der Waals surface area contributed by atoms with Gasteiger partial charge in [0.25, 0.3) is 0 Å². The summed E-state index contributed by atoms with van der Waals surface area (Å²) in [5.74, 6) is -1.26. The Morgan fingerprint density at radius 3 is 2.61 bits per heavy atom. The first-order valence-corrected chi connectivity index (χ1v) is 5.26. The summed E-state index contributed by atoms with van der Waals surface area (Å²) in [4.78, 5) is 20.5. The second-order valence-electron chi connectivity index (χ2n) is 3.16. The predicted octanol–water partition coefficient (Wildman–Crippen LogP) is 2.92. The fourth-order valence-corrected chi connectivity index (χ4v) is 1.59. The van der Waals surface area contributed by atoms with E-state index < -0.39 is 16.6 Å². The van der Waals surface area contributed by atoms with Gasteiger partial charge in [0, 0.05) is 0 Å². The molecule has 1 rings (SSSR count). The molecular formula is C10H7Cl2NO5. The number of rotatable bonds is 5. The molecule has 0 spiro atoms. The molecule has 0 heterocycles. The van der Waals surface area contributed by atoms with Gasteiger partial charge in [-0.25, -0.2) is 4.79 Å². The van der Waals surface area contributed by atoms with Crippen LogP contribution < -0.4 is 4.74 Å². The SMILES string of the molecule is C=C(COc1ccc(Cl)c([N+](=O)[O-])c1Cl)C(=O)O. The summed E-state index contributed by atoms with van der Waals surface area (Å²) >= 11 is 11.4. The number of nitro groups is 1. The Hall–Kier alpha value is -1.79. The predicted molar refractivity (Wildman–Crippen MR) is 65.4 cm³/mol. The molecule has 96 valence electrons. The molecular weight excluding hydrogens is 285 g/mol. The molecule has 0 saturated heterocycles. The zero-order chi connectivity index (χ0) is 13.9. The van der Waals surface area contributed by atoms with Crippen molar-refractivity contribution in [1.82, 2.24) is 0 Å². The Kier molecular flexibility index (Phi) is 4.52. The lowest BCUT2D eigenvalue weighted by molar-refractivity contribution is -0.384. The lowest BCUT2D eigenvalue weighted by Crippen LogP contribution is -2.09. The highest BCUT2D eigenvalue weighted by atomic mass is 35.5. The van der Waals surface area contributed by atoms with Crippen molar-refractivity contribution in [1.29, 1.82) is 0 Å². The van der Waals surface area contributed by atoms with Gasteiger partial charge < -0.3 is 9.84 Å². The monoisotopic (exact) mass is 291 g/mol. The Morgan fingerprint density at radius 2 is 2.11 bits per heavy atom. The number of hydrogen-bond donors (Lipinski definition) is 1. The van der Waals surface area contributed by atoms with Crippen LogP contribution in [0.1, 0.15) is 0 Å². The van der Waals surface area contributed by atoms with Gasteiger partial charge in [-0.3, -0.25) is 10.1 Å². The van der Waals surface area contributed by atoms with E-state index in [0.29, 0.717) is 0 Å². The second-order valence-corrected chi connectivity index (χ2v) is 3.95. The van der Waals surface area contributed by atoms with Crippen LogP contribution in [0, 0.1) is 10.1 Å². The van der Waals surface area contributed by atoms with Gasteiger partial charge in [-0.15, -0.1) is 0 Å². The number of nitro benzene ring substituents is 1. The summed E-state index contributed by atoms with van der Waals surface area (Å²) < 4.78 is 5.03. The van der Waals surface area contributed by atoms with Crippen LogP contribution in [0.25, 0.3) is 0 Å². The summed E-state index contributed by atoms with van der Waals surface area (Å²) in [7, 11) is 0. The zero-order valence-corrected chi connectivity index (χ0v) is 10.4. The average Bonchev–Trinajstić information content (AvgIpc) is 2.27. The smallest absolute Gasteiger partial charge is 0.334 e. The molecule has 8 heteroatoms. The van der Waals surface area contributed by atoms with Gasteiger partial charge in [-0.2, -0.15) is 0 Å². The van der Waals surface area contributed by atoms with E-state index in [2.05, 4.69) is 6.58 Å². The van der Waals surface area contributed by atoms with Crippen LogP contribution in [0.15, 0.2) is 24.3 Å². The minimum absolute atomic E-state index is 0.0323. The van der Waals surface area contributed by atoms with Crippen LogP contribution in [0.4, 0.5) is 5.69 Å². The summed E-state index contributed by atoms with van der Waals surface area (Å²) in [6.45, 7) is 2.91. The van der Waals surface area contributed by atoms with E-state index in [0.717, 1.165) is 0 Å². The maximum absolute atomic E-state index is 10.7. The molecule has 0 bridgehead atoms. The van der Waals surface area contributed by atoms with Gasteiger partial charge in [-0.05, 0) is 12.1 Å². The summed E-state index contributed by atoms with van der Waals surface area (Å²) in [6, 6.07) is 2.55. The molecule has 0 aliphatic rings. The van der Waals surface area contributed by atoms with Crippen LogP contribution in [-0.2, 0) is 4.79 Å². The molecule has 6 nitrogen and oxygen atoms in total. The van der Waals surface area contributed by atoms with Crippen LogP contribution >= 0.6 is 23.2 Å². The molecule has 0 aliphatic heterocycles. The number of nitrogens with zero attached hydrogens (tertiary/aromatic N) is 1. The molecule has 1 aromatic rings. The number of carboxylic acids is 1. The van der Waals surface area contributed by atoms with E-state index >= 15 is 0 Å². The molecule has 0 fully saturated rings. The number of ether oxygens (including phenoxy) is 1. The van der Waals surface area contributed by atoms with Gasteiger partial charge in [0.2, 0.25) is 0 Å². The van der Waals surface area contributed by atoms with Crippen LogP contribution in [0.5, 0.6) is 5.75 Å². The molecule has 1 N–H and O–H groups in total. The number of carbonyl (C=O) groups is 1. The number of benzene rings is 1. The van der Waals surface area contributed by atoms with Gasteiger partial charge in [0.15, 0.2) is 5.02 Å². The first-order chi connectivity index (χ1) is 8.34. The highest BCUT2D eigenvalue weighted by Gasteiger charge is 2.22.